The van der Waals surface area contributed by atoms with E-state index in [1.54, 1.807) is 17.0 Å². The lowest BCUT2D eigenvalue weighted by Gasteiger charge is -2.18. The summed E-state index contributed by atoms with van der Waals surface area (Å²) in [4.78, 5) is 26.9. The third-order valence-corrected chi connectivity index (χ3v) is 4.51. The molecule has 7 heteroatoms. The van der Waals surface area contributed by atoms with Crippen LogP contribution in [0, 0.1) is 5.82 Å². The molecule has 1 heterocycles. The molecule has 0 unspecified atom stereocenters. The molecule has 0 aliphatic carbocycles. The zero-order chi connectivity index (χ0) is 18.7. The molecule has 136 valence electrons. The number of likely N-dealkylation sites (tertiary alicyclic amines) is 1. The van der Waals surface area contributed by atoms with Gasteiger partial charge in [-0.2, -0.15) is 0 Å². The number of carbonyl (C=O) groups excluding carboxylic acids is 2. The Balaban J connectivity index is 1.87. The molecule has 2 aromatic rings. The summed E-state index contributed by atoms with van der Waals surface area (Å²) in [6.07, 6.45) is 1.90. The van der Waals surface area contributed by atoms with Crippen LogP contribution in [0.2, 0.25) is 5.02 Å². The lowest BCUT2D eigenvalue weighted by atomic mass is 10.1. The molecule has 0 bridgehead atoms. The van der Waals surface area contributed by atoms with E-state index in [1.165, 1.54) is 25.3 Å². The number of amides is 2. The zero-order valence-electron chi connectivity index (χ0n) is 14.2. The van der Waals surface area contributed by atoms with Crippen LogP contribution in [0.25, 0.3) is 0 Å². The third kappa shape index (κ3) is 3.80. The number of carbonyl (C=O) groups is 2. The molecule has 0 spiro atoms. The van der Waals surface area contributed by atoms with Gasteiger partial charge < -0.3 is 15.0 Å². The van der Waals surface area contributed by atoms with Gasteiger partial charge in [-0.25, -0.2) is 4.39 Å². The van der Waals surface area contributed by atoms with Gasteiger partial charge in [0.05, 0.1) is 23.9 Å². The van der Waals surface area contributed by atoms with Crippen molar-refractivity contribution in [2.24, 2.45) is 0 Å². The van der Waals surface area contributed by atoms with Gasteiger partial charge in [0.15, 0.2) is 0 Å². The van der Waals surface area contributed by atoms with E-state index in [0.29, 0.717) is 35.1 Å². The van der Waals surface area contributed by atoms with Crippen LogP contribution in [0.4, 0.5) is 10.1 Å². The normalized spacial score (nSPS) is 13.6. The summed E-state index contributed by atoms with van der Waals surface area (Å²) in [5.41, 5.74) is 0.452. The Morgan fingerprint density at radius 1 is 1.12 bits per heavy atom. The number of benzene rings is 2. The maximum atomic E-state index is 14.1. The van der Waals surface area contributed by atoms with E-state index in [2.05, 4.69) is 5.32 Å². The fourth-order valence-corrected chi connectivity index (χ4v) is 3.06. The predicted molar refractivity (Wildman–Crippen MR) is 97.5 cm³/mol. The molecule has 2 aromatic carbocycles. The maximum absolute atomic E-state index is 14.1. The maximum Gasteiger partial charge on any atom is 0.258 e. The standard InChI is InChI=1S/C19H18ClFN2O3/c1-26-13-5-6-14(16(21)11-13)18(24)22-17-7-4-12(20)10-15(17)19(25)23-8-2-3-9-23/h4-7,10-11H,2-3,8-9H2,1H3,(H,22,24). The lowest BCUT2D eigenvalue weighted by Crippen LogP contribution is -2.29. The smallest absolute Gasteiger partial charge is 0.258 e. The summed E-state index contributed by atoms with van der Waals surface area (Å²) in [5, 5.41) is 3.00. The van der Waals surface area contributed by atoms with Crippen LogP contribution in [0.3, 0.4) is 0 Å². The van der Waals surface area contributed by atoms with E-state index in [4.69, 9.17) is 16.3 Å². The highest BCUT2D eigenvalue weighted by Gasteiger charge is 2.23. The van der Waals surface area contributed by atoms with E-state index < -0.39 is 11.7 Å². The zero-order valence-corrected chi connectivity index (χ0v) is 15.0. The highest BCUT2D eigenvalue weighted by atomic mass is 35.5. The van der Waals surface area contributed by atoms with Crippen LogP contribution in [0.1, 0.15) is 33.6 Å². The first kappa shape index (κ1) is 18.2. The van der Waals surface area contributed by atoms with E-state index in [1.807, 2.05) is 0 Å². The SMILES string of the molecule is COc1ccc(C(=O)Nc2ccc(Cl)cc2C(=O)N2CCCC2)c(F)c1. The molecule has 1 fully saturated rings. The number of nitrogens with one attached hydrogen (secondary N) is 1. The quantitative estimate of drug-likeness (QED) is 0.878. The molecule has 26 heavy (non-hydrogen) atoms. The molecule has 0 saturated carbocycles. The lowest BCUT2D eigenvalue weighted by molar-refractivity contribution is 0.0794. The van der Waals surface area contributed by atoms with Gasteiger partial charge in [-0.3, -0.25) is 9.59 Å². The van der Waals surface area contributed by atoms with Gasteiger partial charge in [-0.05, 0) is 43.2 Å². The second kappa shape index (κ2) is 7.74. The fourth-order valence-electron chi connectivity index (χ4n) is 2.89. The van der Waals surface area contributed by atoms with Crippen molar-refractivity contribution in [2.45, 2.75) is 12.8 Å². The Kier molecular flexibility index (Phi) is 5.42. The molecule has 0 aromatic heterocycles. The summed E-state index contributed by atoms with van der Waals surface area (Å²) < 4.78 is 19.1. The molecule has 0 atom stereocenters. The summed E-state index contributed by atoms with van der Waals surface area (Å²) >= 11 is 6.02. The topological polar surface area (TPSA) is 58.6 Å². The number of halogens is 2. The minimum atomic E-state index is -0.705. The van der Waals surface area contributed by atoms with E-state index in [-0.39, 0.29) is 11.5 Å². The number of hydrogen-bond acceptors (Lipinski definition) is 3. The molecule has 0 radical (unpaired) electrons. The highest BCUT2D eigenvalue weighted by molar-refractivity contribution is 6.31. The average Bonchev–Trinajstić information content (AvgIpc) is 3.17. The highest BCUT2D eigenvalue weighted by Crippen LogP contribution is 2.25. The Morgan fingerprint density at radius 3 is 2.50 bits per heavy atom. The molecule has 1 aliphatic rings. The summed E-state index contributed by atoms with van der Waals surface area (Å²) in [6.45, 7) is 1.34. The monoisotopic (exact) mass is 376 g/mol. The largest absolute Gasteiger partial charge is 0.497 e. The number of hydrogen-bond donors (Lipinski definition) is 1. The summed E-state index contributed by atoms with van der Waals surface area (Å²) in [7, 11) is 1.42. The first-order valence-corrected chi connectivity index (χ1v) is 8.61. The molecule has 5 nitrogen and oxygen atoms in total. The minimum Gasteiger partial charge on any atom is -0.497 e. The van der Waals surface area contributed by atoms with Crippen molar-refractivity contribution in [3.63, 3.8) is 0 Å². The van der Waals surface area contributed by atoms with Crippen molar-refractivity contribution >= 4 is 29.1 Å². The number of nitrogens with zero attached hydrogens (tertiary/aromatic N) is 1. The Labute approximate surface area is 155 Å². The van der Waals surface area contributed by atoms with Crippen molar-refractivity contribution in [1.82, 2.24) is 4.90 Å². The molecular formula is C19H18ClFN2O3. The number of methoxy groups -OCH3 is 1. The van der Waals surface area contributed by atoms with Crippen molar-refractivity contribution in [3.05, 3.63) is 58.4 Å². The van der Waals surface area contributed by atoms with Gasteiger partial charge in [-0.15, -0.1) is 0 Å². The second-order valence-corrected chi connectivity index (χ2v) is 6.43. The van der Waals surface area contributed by atoms with Gasteiger partial charge in [-0.1, -0.05) is 11.6 Å². The van der Waals surface area contributed by atoms with E-state index in [0.717, 1.165) is 18.9 Å². The van der Waals surface area contributed by atoms with Gasteiger partial charge in [0, 0.05) is 24.2 Å². The second-order valence-electron chi connectivity index (χ2n) is 5.99. The summed E-state index contributed by atoms with van der Waals surface area (Å²) in [6, 6.07) is 8.60. The first-order chi connectivity index (χ1) is 12.5. The predicted octanol–water partition coefficient (Wildman–Crippen LogP) is 3.98. The van der Waals surface area contributed by atoms with Gasteiger partial charge in [0.1, 0.15) is 11.6 Å². The molecule has 3 rings (SSSR count). The van der Waals surface area contributed by atoms with Crippen molar-refractivity contribution < 1.29 is 18.7 Å². The number of rotatable bonds is 4. The van der Waals surface area contributed by atoms with Crippen LogP contribution in [-0.4, -0.2) is 36.9 Å². The Morgan fingerprint density at radius 2 is 1.85 bits per heavy atom. The van der Waals surface area contributed by atoms with Crippen LogP contribution in [-0.2, 0) is 0 Å². The van der Waals surface area contributed by atoms with E-state index >= 15 is 0 Å². The Bertz CT molecular complexity index is 851. The first-order valence-electron chi connectivity index (χ1n) is 8.23. The molecular weight excluding hydrogens is 359 g/mol. The molecule has 1 aliphatic heterocycles. The van der Waals surface area contributed by atoms with Crippen LogP contribution in [0.5, 0.6) is 5.75 Å². The van der Waals surface area contributed by atoms with E-state index in [9.17, 15) is 14.0 Å². The van der Waals surface area contributed by atoms with Crippen molar-refractivity contribution in [2.75, 3.05) is 25.5 Å². The summed E-state index contributed by atoms with van der Waals surface area (Å²) in [5.74, 6) is -1.24. The third-order valence-electron chi connectivity index (χ3n) is 4.27. The van der Waals surface area contributed by atoms with Crippen LogP contribution in [0.15, 0.2) is 36.4 Å². The minimum absolute atomic E-state index is 0.139. The van der Waals surface area contributed by atoms with Crippen LogP contribution >= 0.6 is 11.6 Å². The Hall–Kier alpha value is -2.60. The fraction of sp³-hybridized carbons (Fsp3) is 0.263. The molecule has 1 saturated heterocycles. The average molecular weight is 377 g/mol. The molecule has 1 N–H and O–H groups in total. The van der Waals surface area contributed by atoms with Crippen molar-refractivity contribution in [1.29, 1.82) is 0 Å². The van der Waals surface area contributed by atoms with Gasteiger partial charge >= 0.3 is 0 Å². The molecule has 2 amide bonds. The van der Waals surface area contributed by atoms with Gasteiger partial charge in [0.25, 0.3) is 11.8 Å². The number of ether oxygens (including phenoxy) is 1. The van der Waals surface area contributed by atoms with Crippen LogP contribution < -0.4 is 10.1 Å². The van der Waals surface area contributed by atoms with Crippen molar-refractivity contribution in [3.8, 4) is 5.75 Å². The van der Waals surface area contributed by atoms with Gasteiger partial charge in [0.2, 0.25) is 0 Å². The number of anilines is 1.